The second-order valence-electron chi connectivity index (χ2n) is 6.06. The van der Waals surface area contributed by atoms with Crippen LogP contribution in [0.15, 0.2) is 23.6 Å². The molecule has 0 bridgehead atoms. The lowest BCUT2D eigenvalue weighted by Crippen LogP contribution is -2.17. The van der Waals surface area contributed by atoms with Crippen molar-refractivity contribution in [2.24, 2.45) is 0 Å². The summed E-state index contributed by atoms with van der Waals surface area (Å²) in [5.41, 5.74) is 2.34. The SMILES string of the molecule is CC(C)(C)c1nc(CNCCc2ccc(Cl)cc2Cl)cs1. The topological polar surface area (TPSA) is 24.9 Å². The molecule has 0 aliphatic heterocycles. The Bertz CT molecular complexity index is 603. The van der Waals surface area contributed by atoms with Crippen molar-refractivity contribution < 1.29 is 0 Å². The Labute approximate surface area is 140 Å². The van der Waals surface area contributed by atoms with Gasteiger partial charge in [-0.15, -0.1) is 11.3 Å². The van der Waals surface area contributed by atoms with E-state index in [0.717, 1.165) is 35.8 Å². The van der Waals surface area contributed by atoms with Crippen LogP contribution in [0.5, 0.6) is 0 Å². The average Bonchev–Trinajstić information content (AvgIpc) is 2.85. The quantitative estimate of drug-likeness (QED) is 0.766. The summed E-state index contributed by atoms with van der Waals surface area (Å²) < 4.78 is 0. The second-order valence-corrected chi connectivity index (χ2v) is 7.76. The van der Waals surface area contributed by atoms with Crippen LogP contribution in [0.1, 0.15) is 37.0 Å². The first-order chi connectivity index (χ1) is 9.86. The van der Waals surface area contributed by atoms with Crippen LogP contribution in [-0.2, 0) is 18.4 Å². The molecule has 0 saturated heterocycles. The van der Waals surface area contributed by atoms with Crippen LogP contribution in [0.3, 0.4) is 0 Å². The van der Waals surface area contributed by atoms with Crippen LogP contribution in [0.25, 0.3) is 0 Å². The summed E-state index contributed by atoms with van der Waals surface area (Å²) in [5.74, 6) is 0. The molecule has 5 heteroatoms. The highest BCUT2D eigenvalue weighted by Crippen LogP contribution is 2.25. The van der Waals surface area contributed by atoms with Gasteiger partial charge >= 0.3 is 0 Å². The highest BCUT2D eigenvalue weighted by Gasteiger charge is 2.17. The third kappa shape index (κ3) is 4.96. The number of hydrogen-bond acceptors (Lipinski definition) is 3. The van der Waals surface area contributed by atoms with E-state index in [1.807, 2.05) is 12.1 Å². The summed E-state index contributed by atoms with van der Waals surface area (Å²) in [6.07, 6.45) is 0.881. The third-order valence-corrected chi connectivity index (χ3v) is 4.99. The van der Waals surface area contributed by atoms with Gasteiger partial charge in [-0.25, -0.2) is 4.98 Å². The first-order valence-electron chi connectivity index (χ1n) is 6.96. The van der Waals surface area contributed by atoms with Crippen molar-refractivity contribution in [2.75, 3.05) is 6.54 Å². The maximum atomic E-state index is 6.16. The van der Waals surface area contributed by atoms with Crippen LogP contribution in [0, 0.1) is 0 Å². The zero-order chi connectivity index (χ0) is 15.5. The minimum atomic E-state index is 0.125. The average molecular weight is 343 g/mol. The zero-order valence-corrected chi connectivity index (χ0v) is 14.9. The van der Waals surface area contributed by atoms with Gasteiger partial charge in [0.15, 0.2) is 0 Å². The Balaban J connectivity index is 1.81. The molecular weight excluding hydrogens is 323 g/mol. The molecule has 0 aliphatic carbocycles. The minimum Gasteiger partial charge on any atom is -0.311 e. The van der Waals surface area contributed by atoms with Gasteiger partial charge in [0.25, 0.3) is 0 Å². The molecule has 114 valence electrons. The van der Waals surface area contributed by atoms with E-state index < -0.39 is 0 Å². The number of aromatic nitrogens is 1. The molecule has 0 atom stereocenters. The highest BCUT2D eigenvalue weighted by molar-refractivity contribution is 7.09. The van der Waals surface area contributed by atoms with E-state index in [4.69, 9.17) is 23.2 Å². The smallest absolute Gasteiger partial charge is 0.0982 e. The van der Waals surface area contributed by atoms with E-state index in [1.54, 1.807) is 17.4 Å². The van der Waals surface area contributed by atoms with E-state index in [0.29, 0.717) is 5.02 Å². The van der Waals surface area contributed by atoms with Crippen molar-refractivity contribution in [1.82, 2.24) is 10.3 Å². The van der Waals surface area contributed by atoms with Crippen LogP contribution < -0.4 is 5.32 Å². The fourth-order valence-corrected chi connectivity index (χ4v) is 3.31. The van der Waals surface area contributed by atoms with Gasteiger partial charge in [-0.2, -0.15) is 0 Å². The summed E-state index contributed by atoms with van der Waals surface area (Å²) in [5, 5.41) is 8.12. The summed E-state index contributed by atoms with van der Waals surface area (Å²) in [4.78, 5) is 4.67. The predicted octanol–water partition coefficient (Wildman–Crippen LogP) is 5.08. The Kier molecular flexibility index (Phi) is 5.67. The van der Waals surface area contributed by atoms with Crippen LogP contribution in [0.4, 0.5) is 0 Å². The molecule has 2 nitrogen and oxygen atoms in total. The lowest BCUT2D eigenvalue weighted by atomic mass is 9.98. The Morgan fingerprint density at radius 3 is 2.62 bits per heavy atom. The van der Waals surface area contributed by atoms with Crippen LogP contribution in [-0.4, -0.2) is 11.5 Å². The van der Waals surface area contributed by atoms with E-state index in [-0.39, 0.29) is 5.41 Å². The highest BCUT2D eigenvalue weighted by atomic mass is 35.5. The number of benzene rings is 1. The summed E-state index contributed by atoms with van der Waals surface area (Å²) >= 11 is 13.8. The van der Waals surface area contributed by atoms with E-state index in [1.165, 1.54) is 5.01 Å². The maximum absolute atomic E-state index is 6.16. The molecule has 2 aromatic rings. The van der Waals surface area contributed by atoms with Gasteiger partial charge in [0.2, 0.25) is 0 Å². The van der Waals surface area contributed by atoms with Gasteiger partial charge in [-0.05, 0) is 30.7 Å². The van der Waals surface area contributed by atoms with Crippen LogP contribution in [0.2, 0.25) is 10.0 Å². The number of hydrogen-bond donors (Lipinski definition) is 1. The van der Waals surface area contributed by atoms with Gasteiger partial charge in [-0.3, -0.25) is 0 Å². The Hall–Kier alpha value is -0.610. The molecule has 0 saturated carbocycles. The zero-order valence-electron chi connectivity index (χ0n) is 12.5. The largest absolute Gasteiger partial charge is 0.311 e. The fourth-order valence-electron chi connectivity index (χ4n) is 1.90. The molecule has 1 heterocycles. The number of nitrogens with one attached hydrogen (secondary N) is 1. The predicted molar refractivity (Wildman–Crippen MR) is 92.7 cm³/mol. The Morgan fingerprint density at radius 2 is 2.00 bits per heavy atom. The minimum absolute atomic E-state index is 0.125. The third-order valence-electron chi connectivity index (χ3n) is 3.09. The van der Waals surface area contributed by atoms with Crippen molar-refractivity contribution >= 4 is 34.5 Å². The lowest BCUT2D eigenvalue weighted by molar-refractivity contribution is 0.579. The standard InChI is InChI=1S/C16H20Cl2N2S/c1-16(2,3)15-20-13(10-21-15)9-19-7-6-11-4-5-12(17)8-14(11)18/h4-5,8,10,19H,6-7,9H2,1-3H3. The van der Waals surface area contributed by atoms with Gasteiger partial charge in [0.05, 0.1) is 10.7 Å². The first-order valence-corrected chi connectivity index (χ1v) is 8.59. The monoisotopic (exact) mass is 342 g/mol. The van der Waals surface area contributed by atoms with E-state index >= 15 is 0 Å². The van der Waals surface area contributed by atoms with Gasteiger partial charge in [-0.1, -0.05) is 50.0 Å². The second kappa shape index (κ2) is 7.10. The van der Waals surface area contributed by atoms with Crippen LogP contribution >= 0.6 is 34.5 Å². The summed E-state index contributed by atoms with van der Waals surface area (Å²) in [6, 6.07) is 5.64. The first kappa shape index (κ1) is 16.8. The molecule has 0 amide bonds. The maximum Gasteiger partial charge on any atom is 0.0982 e. The van der Waals surface area contributed by atoms with Crippen molar-refractivity contribution in [3.05, 3.63) is 49.9 Å². The van der Waals surface area contributed by atoms with Crippen molar-refractivity contribution in [3.8, 4) is 0 Å². The molecule has 1 N–H and O–H groups in total. The molecule has 0 aliphatic rings. The fraction of sp³-hybridized carbons (Fsp3) is 0.438. The lowest BCUT2D eigenvalue weighted by Gasteiger charge is -2.13. The molecule has 0 radical (unpaired) electrons. The molecule has 1 aromatic heterocycles. The molecule has 0 unspecified atom stereocenters. The molecule has 2 rings (SSSR count). The van der Waals surface area contributed by atoms with Crippen molar-refractivity contribution in [1.29, 1.82) is 0 Å². The summed E-state index contributed by atoms with van der Waals surface area (Å²) in [6.45, 7) is 8.21. The number of thiazole rings is 1. The van der Waals surface area contributed by atoms with Gasteiger partial charge < -0.3 is 5.32 Å². The Morgan fingerprint density at radius 1 is 1.24 bits per heavy atom. The normalized spacial score (nSPS) is 11.9. The molecular formula is C16H20Cl2N2S. The molecule has 0 fully saturated rings. The van der Waals surface area contributed by atoms with Crippen molar-refractivity contribution in [2.45, 2.75) is 39.2 Å². The van der Waals surface area contributed by atoms with Gasteiger partial charge in [0.1, 0.15) is 0 Å². The van der Waals surface area contributed by atoms with E-state index in [2.05, 4.69) is 36.5 Å². The van der Waals surface area contributed by atoms with Crippen molar-refractivity contribution in [3.63, 3.8) is 0 Å². The van der Waals surface area contributed by atoms with E-state index in [9.17, 15) is 0 Å². The number of rotatable bonds is 5. The molecule has 1 aromatic carbocycles. The summed E-state index contributed by atoms with van der Waals surface area (Å²) in [7, 11) is 0. The number of nitrogens with zero attached hydrogens (tertiary/aromatic N) is 1. The van der Waals surface area contributed by atoms with Gasteiger partial charge in [0, 0.05) is 27.4 Å². The molecule has 21 heavy (non-hydrogen) atoms. The molecule has 0 spiro atoms. The number of halogens is 2.